The summed E-state index contributed by atoms with van der Waals surface area (Å²) in [5.74, 6) is -1.05. The molecule has 0 N–H and O–H groups in total. The van der Waals surface area contributed by atoms with Crippen LogP contribution in [0.4, 0.5) is 17.6 Å². The minimum Gasteiger partial charge on any atom is -0.464 e. The van der Waals surface area contributed by atoms with E-state index >= 15 is 4.39 Å². The highest BCUT2D eigenvalue weighted by atomic mass is 127. The molecule has 0 spiro atoms. The highest BCUT2D eigenvalue weighted by molar-refractivity contribution is 14.1. The molecule has 0 atom stereocenters. The molecule has 1 aromatic carbocycles. The van der Waals surface area contributed by atoms with Gasteiger partial charge in [-0.15, -0.1) is 0 Å². The molecule has 324 valence electrons. The third kappa shape index (κ3) is 21.2. The van der Waals surface area contributed by atoms with Gasteiger partial charge in [0.05, 0.1) is 29.6 Å². The number of alkyl halides is 3. The van der Waals surface area contributed by atoms with Crippen LogP contribution in [-0.2, 0) is 22.6 Å². The Morgan fingerprint density at radius 1 is 0.649 bits per heavy atom. The Labute approximate surface area is 355 Å². The Hall–Kier alpha value is -1.99. The SMILES string of the molecule is CC(C)(C)CCCCCCCCCCCOCOc1cc(CC(F)(F)F)c(-c2cc3c(cn2)c(I)nn3COCCCCCCCCCCCC(C)(C)C)cc1F. The second kappa shape index (κ2) is 25.6. The van der Waals surface area contributed by atoms with Crippen molar-refractivity contribution in [3.63, 3.8) is 0 Å². The summed E-state index contributed by atoms with van der Waals surface area (Å²) >= 11 is 2.11. The van der Waals surface area contributed by atoms with Crippen molar-refractivity contribution >= 4 is 33.5 Å². The molecule has 0 radical (unpaired) electrons. The summed E-state index contributed by atoms with van der Waals surface area (Å²) in [4.78, 5) is 4.44. The Bertz CT molecular complexity index is 1570. The molecular formula is C46H72F4IN3O3. The third-order valence-corrected chi connectivity index (χ3v) is 11.2. The maximum absolute atomic E-state index is 15.4. The zero-order valence-corrected chi connectivity index (χ0v) is 38.1. The van der Waals surface area contributed by atoms with Crippen molar-refractivity contribution in [2.75, 3.05) is 20.0 Å². The second-order valence-corrected chi connectivity index (χ2v) is 19.3. The topological polar surface area (TPSA) is 58.4 Å². The first-order valence-electron chi connectivity index (χ1n) is 21.7. The van der Waals surface area contributed by atoms with Crippen molar-refractivity contribution in [2.24, 2.45) is 10.8 Å². The lowest BCUT2D eigenvalue weighted by molar-refractivity contribution is -0.127. The lowest BCUT2D eigenvalue weighted by Crippen LogP contribution is -2.13. The van der Waals surface area contributed by atoms with Gasteiger partial charge in [0.15, 0.2) is 18.4 Å². The van der Waals surface area contributed by atoms with E-state index in [1.807, 2.05) is 0 Å². The molecule has 0 aliphatic carbocycles. The molecule has 0 unspecified atom stereocenters. The second-order valence-electron chi connectivity index (χ2n) is 18.3. The Morgan fingerprint density at radius 2 is 1.14 bits per heavy atom. The normalized spacial score (nSPS) is 12.6. The summed E-state index contributed by atoms with van der Waals surface area (Å²) in [6.45, 7) is 14.8. The van der Waals surface area contributed by atoms with E-state index in [0.29, 0.717) is 33.3 Å². The quantitative estimate of drug-likeness (QED) is 0.0300. The van der Waals surface area contributed by atoms with Crippen LogP contribution in [-0.4, -0.2) is 40.9 Å². The van der Waals surface area contributed by atoms with Gasteiger partial charge in [0.1, 0.15) is 10.4 Å². The van der Waals surface area contributed by atoms with Gasteiger partial charge in [0, 0.05) is 18.4 Å². The van der Waals surface area contributed by atoms with Crippen molar-refractivity contribution in [1.82, 2.24) is 14.8 Å². The molecule has 0 bridgehead atoms. The van der Waals surface area contributed by atoms with E-state index in [1.54, 1.807) is 16.9 Å². The van der Waals surface area contributed by atoms with Crippen molar-refractivity contribution in [3.8, 4) is 17.0 Å². The molecule has 0 aliphatic rings. The summed E-state index contributed by atoms with van der Waals surface area (Å²) < 4.78 is 76.0. The third-order valence-electron chi connectivity index (χ3n) is 10.4. The zero-order valence-electron chi connectivity index (χ0n) is 35.9. The molecule has 0 aliphatic heterocycles. The van der Waals surface area contributed by atoms with Crippen molar-refractivity contribution in [2.45, 2.75) is 189 Å². The number of nitrogens with zero attached hydrogens (tertiary/aromatic N) is 3. The number of aromatic nitrogens is 3. The predicted molar refractivity (Wildman–Crippen MR) is 234 cm³/mol. The number of fused-ring (bicyclic) bond motifs is 1. The molecule has 0 amide bonds. The molecule has 6 nitrogen and oxygen atoms in total. The van der Waals surface area contributed by atoms with Crippen LogP contribution in [0.15, 0.2) is 24.4 Å². The Morgan fingerprint density at radius 3 is 1.65 bits per heavy atom. The fourth-order valence-electron chi connectivity index (χ4n) is 7.09. The molecule has 0 saturated carbocycles. The number of hydrogen-bond donors (Lipinski definition) is 0. The van der Waals surface area contributed by atoms with Crippen LogP contribution in [0.2, 0.25) is 0 Å². The van der Waals surface area contributed by atoms with Crippen molar-refractivity contribution in [1.29, 1.82) is 0 Å². The summed E-state index contributed by atoms with van der Waals surface area (Å²) in [6, 6.07) is 3.85. The van der Waals surface area contributed by atoms with Gasteiger partial charge in [-0.3, -0.25) is 4.98 Å². The molecular weight excluding hydrogens is 845 g/mol. The van der Waals surface area contributed by atoms with Crippen molar-refractivity contribution < 1.29 is 31.8 Å². The number of hydrogen-bond acceptors (Lipinski definition) is 5. The fourth-order valence-corrected chi connectivity index (χ4v) is 7.77. The summed E-state index contributed by atoms with van der Waals surface area (Å²) in [5, 5.41) is 5.33. The van der Waals surface area contributed by atoms with E-state index in [0.717, 1.165) is 49.6 Å². The monoisotopic (exact) mass is 917 g/mol. The highest BCUT2D eigenvalue weighted by Gasteiger charge is 2.30. The first kappa shape index (κ1) is 49.4. The van der Waals surface area contributed by atoms with Gasteiger partial charge in [-0.05, 0) is 82.9 Å². The number of benzene rings is 1. The summed E-state index contributed by atoms with van der Waals surface area (Å²) in [5.41, 5.74) is 1.65. The Kier molecular flexibility index (Phi) is 22.2. The van der Waals surface area contributed by atoms with Crippen LogP contribution >= 0.6 is 22.6 Å². The number of rotatable bonds is 29. The summed E-state index contributed by atoms with van der Waals surface area (Å²) in [7, 11) is 0. The average molecular weight is 918 g/mol. The number of unbranched alkanes of at least 4 members (excludes halogenated alkanes) is 16. The minimum atomic E-state index is -4.52. The molecule has 3 aromatic rings. The molecule has 0 saturated heterocycles. The van der Waals surface area contributed by atoms with Gasteiger partial charge < -0.3 is 14.2 Å². The molecule has 3 rings (SSSR count). The van der Waals surface area contributed by atoms with Gasteiger partial charge in [-0.1, -0.05) is 144 Å². The van der Waals surface area contributed by atoms with E-state index in [-0.39, 0.29) is 36.1 Å². The first-order valence-corrected chi connectivity index (χ1v) is 22.8. The molecule has 2 aromatic heterocycles. The van der Waals surface area contributed by atoms with Gasteiger partial charge in [-0.2, -0.15) is 18.3 Å². The van der Waals surface area contributed by atoms with E-state index in [4.69, 9.17) is 14.2 Å². The van der Waals surface area contributed by atoms with E-state index < -0.39 is 18.4 Å². The van der Waals surface area contributed by atoms with Crippen LogP contribution in [0.1, 0.15) is 176 Å². The van der Waals surface area contributed by atoms with Gasteiger partial charge in [-0.25, -0.2) is 9.07 Å². The summed E-state index contributed by atoms with van der Waals surface area (Å²) in [6.07, 6.45) is 20.0. The van der Waals surface area contributed by atoms with Crippen LogP contribution in [0, 0.1) is 20.3 Å². The first-order chi connectivity index (χ1) is 27.0. The van der Waals surface area contributed by atoms with E-state index in [2.05, 4.69) is 74.2 Å². The van der Waals surface area contributed by atoms with E-state index in [9.17, 15) is 13.2 Å². The zero-order chi connectivity index (χ0) is 41.7. The highest BCUT2D eigenvalue weighted by Crippen LogP contribution is 2.35. The average Bonchev–Trinajstić information content (AvgIpc) is 3.43. The largest absolute Gasteiger partial charge is 0.464 e. The lowest BCUT2D eigenvalue weighted by atomic mass is 9.89. The standard InChI is InChI=1S/C46H72F4IN3O3/c1-44(2,3)25-21-17-13-9-7-11-15-19-23-27-55-34-54-41-31-40(52-33-38(41)43(51)53-54)37-30-39(47)42(29-36(37)32-46(48,49)50)57-35-56-28-24-20-16-12-8-10-14-18-22-26-45(4,5)6/h29-31,33H,7-28,32,34-35H2,1-6H3. The molecule has 0 fully saturated rings. The van der Waals surface area contributed by atoms with Gasteiger partial charge in [0.2, 0.25) is 0 Å². The smallest absolute Gasteiger partial charge is 0.393 e. The van der Waals surface area contributed by atoms with Crippen LogP contribution < -0.4 is 4.74 Å². The van der Waals surface area contributed by atoms with Crippen LogP contribution in [0.3, 0.4) is 0 Å². The maximum atomic E-state index is 15.4. The number of halogens is 5. The van der Waals surface area contributed by atoms with Crippen LogP contribution in [0.5, 0.6) is 5.75 Å². The molecule has 11 heteroatoms. The van der Waals surface area contributed by atoms with Crippen molar-refractivity contribution in [3.05, 3.63) is 39.5 Å². The van der Waals surface area contributed by atoms with Gasteiger partial charge >= 0.3 is 6.18 Å². The number of pyridine rings is 1. The molecule has 2 heterocycles. The Balaban J connectivity index is 1.44. The minimum absolute atomic E-state index is 0.0542. The van der Waals surface area contributed by atoms with E-state index in [1.165, 1.54) is 96.3 Å². The number of ether oxygens (including phenoxy) is 3. The fraction of sp³-hybridized carbons (Fsp3) is 0.739. The molecule has 57 heavy (non-hydrogen) atoms. The predicted octanol–water partition coefficient (Wildman–Crippen LogP) is 15.2. The lowest BCUT2D eigenvalue weighted by Gasteiger charge is -2.17. The van der Waals surface area contributed by atoms with Crippen LogP contribution in [0.25, 0.3) is 22.2 Å². The van der Waals surface area contributed by atoms with Gasteiger partial charge in [0.25, 0.3) is 0 Å². The maximum Gasteiger partial charge on any atom is 0.393 e.